The Balaban J connectivity index is 1.25. The maximum Gasteiger partial charge on any atom is 0.309 e. The normalized spacial score (nSPS) is 37.7. The first-order valence-electron chi connectivity index (χ1n) is 22.3. The van der Waals surface area contributed by atoms with Crippen molar-refractivity contribution in [3.63, 3.8) is 0 Å². The number of amides is 1. The molecule has 8 heteroatoms. The van der Waals surface area contributed by atoms with E-state index in [1.54, 1.807) is 13.8 Å². The molecule has 1 amide bonds. The van der Waals surface area contributed by atoms with Gasteiger partial charge in [-0.05, 0) is 144 Å². The molecule has 10 atom stereocenters. The number of rotatable bonds is 17. The van der Waals surface area contributed by atoms with Gasteiger partial charge in [0.2, 0.25) is 5.91 Å². The Kier molecular flexibility index (Phi) is 13.1. The van der Waals surface area contributed by atoms with E-state index < -0.39 is 23.3 Å². The van der Waals surface area contributed by atoms with Gasteiger partial charge in [0.15, 0.2) is 0 Å². The topological polar surface area (TPSA) is 130 Å². The van der Waals surface area contributed by atoms with Crippen LogP contribution in [0.15, 0.2) is 12.2 Å². The summed E-state index contributed by atoms with van der Waals surface area (Å²) >= 11 is 0. The largest absolute Gasteiger partial charge is 0.481 e. The van der Waals surface area contributed by atoms with Gasteiger partial charge >= 0.3 is 17.9 Å². The van der Waals surface area contributed by atoms with Gasteiger partial charge < -0.3 is 20.3 Å². The number of hydrogen-bond donors (Lipinski definition) is 3. The van der Waals surface area contributed by atoms with E-state index >= 15 is 0 Å². The number of hydrogen-bond acceptors (Lipinski definition) is 5. The summed E-state index contributed by atoms with van der Waals surface area (Å²) < 4.78 is 6.18. The molecule has 0 heterocycles. The highest BCUT2D eigenvalue weighted by atomic mass is 16.5. The van der Waals surface area contributed by atoms with Gasteiger partial charge in [-0.25, -0.2) is 0 Å². The number of aliphatic carboxylic acids is 2. The zero-order valence-corrected chi connectivity index (χ0v) is 36.0. The molecule has 55 heavy (non-hydrogen) atoms. The zero-order valence-electron chi connectivity index (χ0n) is 36.0. The van der Waals surface area contributed by atoms with E-state index in [1.807, 2.05) is 0 Å². The van der Waals surface area contributed by atoms with Crippen LogP contribution in [0.1, 0.15) is 184 Å². The Hall–Kier alpha value is -2.38. The molecule has 3 N–H and O–H groups in total. The van der Waals surface area contributed by atoms with E-state index in [0.29, 0.717) is 35.5 Å². The minimum Gasteiger partial charge on any atom is -0.481 e. The predicted molar refractivity (Wildman–Crippen MR) is 217 cm³/mol. The van der Waals surface area contributed by atoms with Crippen molar-refractivity contribution in [2.75, 3.05) is 6.54 Å². The van der Waals surface area contributed by atoms with Gasteiger partial charge in [-0.1, -0.05) is 85.3 Å². The summed E-state index contributed by atoms with van der Waals surface area (Å²) in [6.07, 6.45) is 18.9. The third-order valence-corrected chi connectivity index (χ3v) is 17.5. The second kappa shape index (κ2) is 16.5. The van der Waals surface area contributed by atoms with Gasteiger partial charge in [-0.2, -0.15) is 0 Å². The lowest BCUT2D eigenvalue weighted by molar-refractivity contribution is -0.249. The van der Waals surface area contributed by atoms with Crippen molar-refractivity contribution >= 4 is 23.8 Å². The molecule has 5 fully saturated rings. The van der Waals surface area contributed by atoms with E-state index in [4.69, 9.17) is 9.84 Å². The van der Waals surface area contributed by atoms with Crippen LogP contribution in [-0.2, 0) is 23.9 Å². The van der Waals surface area contributed by atoms with Crippen LogP contribution in [-0.4, -0.2) is 46.7 Å². The molecule has 0 bridgehead atoms. The fraction of sp³-hybridized carbons (Fsp3) is 0.872. The van der Waals surface area contributed by atoms with Gasteiger partial charge in [-0.15, -0.1) is 0 Å². The Morgan fingerprint density at radius 3 is 2.00 bits per heavy atom. The van der Waals surface area contributed by atoms with E-state index in [-0.39, 0.29) is 46.0 Å². The quantitative estimate of drug-likeness (QED) is 0.0763. The van der Waals surface area contributed by atoms with Crippen LogP contribution in [0.25, 0.3) is 0 Å². The summed E-state index contributed by atoms with van der Waals surface area (Å²) in [5, 5.41) is 21.9. The molecule has 0 aliphatic heterocycles. The van der Waals surface area contributed by atoms with Gasteiger partial charge in [0, 0.05) is 18.4 Å². The standard InChI is InChI=1S/C47H77NO7/c1-31(2)32-21-26-47(40(52)48-29-17-15-13-11-10-12-14-16-18-37(49)50)28-27-45(8)33(39(32)47)19-20-35-44(7)24-23-36(55-38(51)30-42(3,4)41(53)54)43(5,6)34(44)22-25-46(35,45)9/h32-36,39H,1,10-30H2,2-9H3,(H,48,52)(H,49,50)(H,53,54)/t32-,33+,34-,35?,36-,39+,44-,45+,46+,47-/m0/s1. The van der Waals surface area contributed by atoms with E-state index in [9.17, 15) is 24.3 Å². The molecule has 8 nitrogen and oxygen atoms in total. The average Bonchev–Trinajstić information content (AvgIpc) is 3.50. The molecule has 0 aromatic carbocycles. The first kappa shape index (κ1) is 43.7. The lowest BCUT2D eigenvalue weighted by Crippen LogP contribution is -2.67. The van der Waals surface area contributed by atoms with Gasteiger partial charge in [0.1, 0.15) is 6.10 Å². The number of carboxylic acids is 2. The Morgan fingerprint density at radius 1 is 0.745 bits per heavy atom. The van der Waals surface area contributed by atoms with Crippen LogP contribution in [0.3, 0.4) is 0 Å². The van der Waals surface area contributed by atoms with Crippen molar-refractivity contribution in [2.24, 2.45) is 62.1 Å². The van der Waals surface area contributed by atoms with E-state index in [2.05, 4.69) is 53.4 Å². The molecule has 312 valence electrons. The first-order valence-corrected chi connectivity index (χ1v) is 22.3. The predicted octanol–water partition coefficient (Wildman–Crippen LogP) is 10.8. The summed E-state index contributed by atoms with van der Waals surface area (Å²) in [7, 11) is 0. The number of carbonyl (C=O) groups is 4. The van der Waals surface area contributed by atoms with Crippen molar-refractivity contribution in [3.8, 4) is 0 Å². The number of unbranched alkanes of at least 4 members (excludes halogenated alkanes) is 7. The van der Waals surface area contributed by atoms with Gasteiger partial charge in [0.25, 0.3) is 0 Å². The molecule has 5 saturated carbocycles. The van der Waals surface area contributed by atoms with Crippen LogP contribution < -0.4 is 5.32 Å². The van der Waals surface area contributed by atoms with E-state index in [0.717, 1.165) is 109 Å². The van der Waals surface area contributed by atoms with Crippen LogP contribution in [0.2, 0.25) is 0 Å². The second-order valence-corrected chi connectivity index (χ2v) is 21.3. The lowest BCUT2D eigenvalue weighted by Gasteiger charge is -2.72. The summed E-state index contributed by atoms with van der Waals surface area (Å²) in [6, 6.07) is 0. The Labute approximate surface area is 333 Å². The number of esters is 1. The summed E-state index contributed by atoms with van der Waals surface area (Å²) in [4.78, 5) is 50.0. The van der Waals surface area contributed by atoms with Crippen molar-refractivity contribution in [1.29, 1.82) is 0 Å². The van der Waals surface area contributed by atoms with E-state index in [1.165, 1.54) is 18.4 Å². The van der Waals surface area contributed by atoms with Crippen molar-refractivity contribution in [2.45, 2.75) is 190 Å². The van der Waals surface area contributed by atoms with Crippen LogP contribution in [0.5, 0.6) is 0 Å². The summed E-state index contributed by atoms with van der Waals surface area (Å²) in [5.41, 5.74) is -0.0468. The number of allylic oxidation sites excluding steroid dienone is 1. The average molecular weight is 768 g/mol. The monoisotopic (exact) mass is 768 g/mol. The third kappa shape index (κ3) is 8.05. The number of carboxylic acid groups (broad SMARTS) is 2. The maximum absolute atomic E-state index is 14.5. The highest BCUT2D eigenvalue weighted by Crippen LogP contribution is 2.77. The molecule has 0 spiro atoms. The molecule has 0 radical (unpaired) electrons. The van der Waals surface area contributed by atoms with Crippen LogP contribution in [0.4, 0.5) is 0 Å². The van der Waals surface area contributed by atoms with Crippen molar-refractivity contribution in [1.82, 2.24) is 5.32 Å². The van der Waals surface area contributed by atoms with Crippen LogP contribution in [0, 0.1) is 62.1 Å². The molecule has 0 aromatic heterocycles. The maximum atomic E-state index is 14.5. The highest BCUT2D eigenvalue weighted by Gasteiger charge is 2.72. The molecule has 5 rings (SSSR count). The molecular formula is C47H77NO7. The Morgan fingerprint density at radius 2 is 1.38 bits per heavy atom. The zero-order chi connectivity index (χ0) is 40.6. The number of nitrogens with one attached hydrogen (secondary N) is 1. The molecule has 1 unspecified atom stereocenters. The fourth-order valence-electron chi connectivity index (χ4n) is 14.2. The molecule has 0 saturated heterocycles. The minimum atomic E-state index is -1.15. The number of fused-ring (bicyclic) bond motifs is 7. The van der Waals surface area contributed by atoms with Crippen molar-refractivity contribution in [3.05, 3.63) is 12.2 Å². The highest BCUT2D eigenvalue weighted by molar-refractivity contribution is 5.84. The smallest absolute Gasteiger partial charge is 0.309 e. The van der Waals surface area contributed by atoms with Crippen molar-refractivity contribution < 1.29 is 34.1 Å². The lowest BCUT2D eigenvalue weighted by atomic mass is 9.32. The first-order chi connectivity index (χ1) is 25.7. The summed E-state index contributed by atoms with van der Waals surface area (Å²) in [6.45, 7) is 23.0. The minimum absolute atomic E-state index is 0.114. The SMILES string of the molecule is C=C(C)[C@@H]1CC[C@]2(C(=O)NCCCCCCCCCCC(=O)O)CC[C@]3(C)[C@H](CCC4[C@@]5(C)CC[C@H](OC(=O)CC(C)(C)C(=O)O)C(C)(C)[C@@H]5CC[C@]43C)[C@@H]12. The second-order valence-electron chi connectivity index (χ2n) is 21.3. The molecular weight excluding hydrogens is 691 g/mol. The summed E-state index contributed by atoms with van der Waals surface area (Å²) in [5.74, 6) is 0.363. The molecule has 0 aromatic rings. The van der Waals surface area contributed by atoms with Crippen LogP contribution >= 0.6 is 0 Å². The number of carbonyl (C=O) groups excluding carboxylic acids is 2. The van der Waals surface area contributed by atoms with Gasteiger partial charge in [-0.3, -0.25) is 19.2 Å². The Bertz CT molecular complexity index is 1450. The molecule has 5 aliphatic rings. The third-order valence-electron chi connectivity index (χ3n) is 17.5. The molecule has 5 aliphatic carbocycles. The number of ether oxygens (including phenoxy) is 1. The fourth-order valence-corrected chi connectivity index (χ4v) is 14.2. The van der Waals surface area contributed by atoms with Gasteiger partial charge in [0.05, 0.1) is 17.3 Å².